The van der Waals surface area contributed by atoms with Crippen molar-refractivity contribution < 1.29 is 0 Å². The zero-order chi connectivity index (χ0) is 15.0. The van der Waals surface area contributed by atoms with Gasteiger partial charge in [-0.2, -0.15) is 0 Å². The molecule has 0 bridgehead atoms. The summed E-state index contributed by atoms with van der Waals surface area (Å²) in [4.78, 5) is 8.47. The van der Waals surface area contributed by atoms with Crippen LogP contribution in [0.15, 0.2) is 17.8 Å². The fourth-order valence-corrected chi connectivity index (χ4v) is 3.98. The third-order valence-electron chi connectivity index (χ3n) is 4.67. The van der Waals surface area contributed by atoms with Crippen LogP contribution in [0.2, 0.25) is 0 Å². The summed E-state index contributed by atoms with van der Waals surface area (Å²) < 4.78 is 2.13. The van der Waals surface area contributed by atoms with E-state index in [0.717, 1.165) is 24.6 Å². The Labute approximate surface area is 131 Å². The quantitative estimate of drug-likeness (QED) is 0.942. The summed E-state index contributed by atoms with van der Waals surface area (Å²) in [5.74, 6) is 0.706. The minimum atomic E-state index is 0.182. The minimum absolute atomic E-state index is 0.182. The van der Waals surface area contributed by atoms with E-state index in [1.165, 1.54) is 12.1 Å². The van der Waals surface area contributed by atoms with E-state index in [2.05, 4.69) is 60.1 Å². The SMILES string of the molecule is CCC(C)C1CNC(C)(C)CN1Cc1cn2ccsc2n1. The van der Waals surface area contributed by atoms with E-state index < -0.39 is 0 Å². The molecule has 1 aliphatic rings. The van der Waals surface area contributed by atoms with Crippen molar-refractivity contribution in [2.45, 2.75) is 52.2 Å². The van der Waals surface area contributed by atoms with Gasteiger partial charge in [-0.1, -0.05) is 20.3 Å². The molecule has 0 radical (unpaired) electrons. The topological polar surface area (TPSA) is 32.6 Å². The number of hydrogen-bond donors (Lipinski definition) is 1. The van der Waals surface area contributed by atoms with E-state index in [1.807, 2.05) is 0 Å². The second-order valence-electron chi connectivity index (χ2n) is 6.95. The van der Waals surface area contributed by atoms with Crippen molar-refractivity contribution in [2.75, 3.05) is 13.1 Å². The number of aromatic nitrogens is 2. The second kappa shape index (κ2) is 5.71. The average Bonchev–Trinajstić information content (AvgIpc) is 2.98. The second-order valence-corrected chi connectivity index (χ2v) is 7.82. The van der Waals surface area contributed by atoms with Crippen molar-refractivity contribution in [3.8, 4) is 0 Å². The van der Waals surface area contributed by atoms with Gasteiger partial charge in [-0.3, -0.25) is 9.30 Å². The molecule has 21 heavy (non-hydrogen) atoms. The van der Waals surface area contributed by atoms with Crippen LogP contribution in [-0.4, -0.2) is 39.0 Å². The molecule has 2 aromatic rings. The molecule has 1 N–H and O–H groups in total. The van der Waals surface area contributed by atoms with Gasteiger partial charge < -0.3 is 5.32 Å². The number of rotatable bonds is 4. The fourth-order valence-electron chi connectivity index (χ4n) is 3.26. The van der Waals surface area contributed by atoms with Crippen LogP contribution in [-0.2, 0) is 6.54 Å². The van der Waals surface area contributed by atoms with E-state index in [-0.39, 0.29) is 5.54 Å². The van der Waals surface area contributed by atoms with Gasteiger partial charge in [0.25, 0.3) is 0 Å². The molecule has 0 saturated carbocycles. The number of thiazole rings is 1. The van der Waals surface area contributed by atoms with Gasteiger partial charge in [-0.05, 0) is 19.8 Å². The molecule has 5 heteroatoms. The first-order chi connectivity index (χ1) is 9.98. The Morgan fingerprint density at radius 3 is 3.05 bits per heavy atom. The van der Waals surface area contributed by atoms with Crippen molar-refractivity contribution in [3.63, 3.8) is 0 Å². The summed E-state index contributed by atoms with van der Waals surface area (Å²) in [6, 6.07) is 0.600. The van der Waals surface area contributed by atoms with E-state index in [1.54, 1.807) is 11.3 Å². The van der Waals surface area contributed by atoms with Gasteiger partial charge in [0.05, 0.1) is 5.69 Å². The highest BCUT2D eigenvalue weighted by Gasteiger charge is 2.34. The van der Waals surface area contributed by atoms with Crippen LogP contribution in [0.3, 0.4) is 0 Å². The molecule has 0 spiro atoms. The maximum atomic E-state index is 4.75. The molecular formula is C16H26N4S. The zero-order valence-corrected chi connectivity index (χ0v) is 14.3. The van der Waals surface area contributed by atoms with Gasteiger partial charge in [0.1, 0.15) is 0 Å². The Hall–Kier alpha value is -0.910. The molecular weight excluding hydrogens is 280 g/mol. The molecule has 1 fully saturated rings. The molecule has 2 aromatic heterocycles. The van der Waals surface area contributed by atoms with Gasteiger partial charge >= 0.3 is 0 Å². The number of piperazine rings is 1. The third-order valence-corrected chi connectivity index (χ3v) is 5.44. The first-order valence-electron chi connectivity index (χ1n) is 7.88. The number of imidazole rings is 1. The van der Waals surface area contributed by atoms with Crippen LogP contribution in [0.4, 0.5) is 0 Å². The molecule has 1 saturated heterocycles. The molecule has 0 aliphatic carbocycles. The summed E-state index contributed by atoms with van der Waals surface area (Å²) in [5.41, 5.74) is 1.37. The van der Waals surface area contributed by atoms with E-state index in [9.17, 15) is 0 Å². The third kappa shape index (κ3) is 3.15. The largest absolute Gasteiger partial charge is 0.309 e. The Bertz CT molecular complexity index is 572. The predicted molar refractivity (Wildman–Crippen MR) is 88.8 cm³/mol. The van der Waals surface area contributed by atoms with Crippen LogP contribution in [0.25, 0.3) is 4.96 Å². The monoisotopic (exact) mass is 306 g/mol. The molecule has 4 nitrogen and oxygen atoms in total. The number of nitrogens with one attached hydrogen (secondary N) is 1. The molecule has 116 valence electrons. The van der Waals surface area contributed by atoms with E-state index >= 15 is 0 Å². The molecule has 3 rings (SSSR count). The molecule has 0 amide bonds. The van der Waals surface area contributed by atoms with E-state index in [4.69, 9.17) is 4.98 Å². The smallest absolute Gasteiger partial charge is 0.193 e. The Morgan fingerprint density at radius 2 is 2.33 bits per heavy atom. The van der Waals surface area contributed by atoms with Crippen LogP contribution in [0.5, 0.6) is 0 Å². The summed E-state index contributed by atoms with van der Waals surface area (Å²) in [5, 5.41) is 5.78. The fraction of sp³-hybridized carbons (Fsp3) is 0.688. The molecule has 2 atom stereocenters. The lowest BCUT2D eigenvalue weighted by Crippen LogP contribution is -2.62. The Morgan fingerprint density at radius 1 is 1.52 bits per heavy atom. The predicted octanol–water partition coefficient (Wildman–Crippen LogP) is 2.99. The van der Waals surface area contributed by atoms with Crippen molar-refractivity contribution >= 4 is 16.3 Å². The molecule has 0 aromatic carbocycles. The van der Waals surface area contributed by atoms with Crippen LogP contribution >= 0.6 is 11.3 Å². The highest BCUT2D eigenvalue weighted by Crippen LogP contribution is 2.24. The Kier molecular flexibility index (Phi) is 4.08. The first-order valence-corrected chi connectivity index (χ1v) is 8.76. The lowest BCUT2D eigenvalue weighted by Gasteiger charge is -2.46. The number of hydrogen-bond acceptors (Lipinski definition) is 4. The molecule has 3 heterocycles. The maximum Gasteiger partial charge on any atom is 0.193 e. The van der Waals surface area contributed by atoms with Gasteiger partial charge in [0.2, 0.25) is 0 Å². The standard InChI is InChI=1S/C16H26N4S/c1-5-12(2)14-8-17-16(3,4)11-20(14)10-13-9-19-6-7-21-15(19)18-13/h6-7,9,12,14,17H,5,8,10-11H2,1-4H3. The highest BCUT2D eigenvalue weighted by molar-refractivity contribution is 7.15. The van der Waals surface area contributed by atoms with Crippen LogP contribution < -0.4 is 5.32 Å². The van der Waals surface area contributed by atoms with E-state index in [0.29, 0.717) is 12.0 Å². The van der Waals surface area contributed by atoms with Crippen LogP contribution in [0.1, 0.15) is 39.8 Å². The molecule has 2 unspecified atom stereocenters. The number of nitrogens with zero attached hydrogens (tertiary/aromatic N) is 3. The van der Waals surface area contributed by atoms with Gasteiger partial charge in [0, 0.05) is 49.0 Å². The summed E-state index contributed by atoms with van der Waals surface area (Å²) >= 11 is 1.70. The normalized spacial score (nSPS) is 24.5. The molecule has 1 aliphatic heterocycles. The average molecular weight is 306 g/mol. The Balaban J connectivity index is 1.79. The summed E-state index contributed by atoms with van der Waals surface area (Å²) in [6.45, 7) is 12.3. The summed E-state index contributed by atoms with van der Waals surface area (Å²) in [6.07, 6.45) is 5.49. The minimum Gasteiger partial charge on any atom is -0.309 e. The maximum absolute atomic E-state index is 4.75. The van der Waals surface area contributed by atoms with Crippen molar-refractivity contribution in [1.29, 1.82) is 0 Å². The van der Waals surface area contributed by atoms with Gasteiger partial charge in [-0.15, -0.1) is 11.3 Å². The van der Waals surface area contributed by atoms with Crippen molar-refractivity contribution in [1.82, 2.24) is 19.6 Å². The summed E-state index contributed by atoms with van der Waals surface area (Å²) in [7, 11) is 0. The zero-order valence-electron chi connectivity index (χ0n) is 13.5. The van der Waals surface area contributed by atoms with Crippen molar-refractivity contribution in [2.24, 2.45) is 5.92 Å². The van der Waals surface area contributed by atoms with Gasteiger partial charge in [0.15, 0.2) is 4.96 Å². The van der Waals surface area contributed by atoms with Gasteiger partial charge in [-0.25, -0.2) is 4.98 Å². The number of fused-ring (bicyclic) bond motifs is 1. The lowest BCUT2D eigenvalue weighted by molar-refractivity contribution is 0.0562. The highest BCUT2D eigenvalue weighted by atomic mass is 32.1. The van der Waals surface area contributed by atoms with Crippen LogP contribution in [0, 0.1) is 5.92 Å². The van der Waals surface area contributed by atoms with Crippen molar-refractivity contribution in [3.05, 3.63) is 23.5 Å². The first kappa shape index (κ1) is 15.0. The lowest BCUT2D eigenvalue weighted by atomic mass is 9.90.